The van der Waals surface area contributed by atoms with Gasteiger partial charge in [0.2, 0.25) is 0 Å². The predicted molar refractivity (Wildman–Crippen MR) is 99.0 cm³/mol. The minimum atomic E-state index is 0. The van der Waals surface area contributed by atoms with E-state index in [9.17, 15) is 0 Å². The third-order valence-electron chi connectivity index (χ3n) is 2.99. The quantitative estimate of drug-likeness (QED) is 0.445. The van der Waals surface area contributed by atoms with E-state index >= 15 is 0 Å². The molecule has 0 spiro atoms. The summed E-state index contributed by atoms with van der Waals surface area (Å²) in [6, 6.07) is 6.64. The van der Waals surface area contributed by atoms with Gasteiger partial charge >= 0.3 is 0 Å². The molecule has 0 amide bonds. The summed E-state index contributed by atoms with van der Waals surface area (Å²) in [7, 11) is 0. The minimum Gasteiger partial charge on any atom is -0.370 e. The molecule has 0 aliphatic rings. The van der Waals surface area contributed by atoms with E-state index in [1.54, 1.807) is 0 Å². The van der Waals surface area contributed by atoms with Crippen molar-refractivity contribution in [3.05, 3.63) is 34.9 Å². The van der Waals surface area contributed by atoms with Gasteiger partial charge in [-0.15, -0.1) is 24.0 Å². The summed E-state index contributed by atoms with van der Waals surface area (Å²) in [5, 5.41) is 3.17. The Morgan fingerprint density at radius 3 is 2.35 bits per heavy atom. The zero-order valence-electron chi connectivity index (χ0n) is 13.1. The fourth-order valence-electron chi connectivity index (χ4n) is 2.05. The molecule has 0 aliphatic heterocycles. The van der Waals surface area contributed by atoms with Crippen LogP contribution in [0.5, 0.6) is 0 Å². The molecule has 0 saturated heterocycles. The van der Waals surface area contributed by atoms with Crippen LogP contribution in [0.2, 0.25) is 0 Å². The lowest BCUT2D eigenvalue weighted by Crippen LogP contribution is -2.33. The Kier molecular flexibility index (Phi) is 9.63. The molecule has 0 bridgehead atoms. The van der Waals surface area contributed by atoms with Crippen molar-refractivity contribution in [3.63, 3.8) is 0 Å². The molecule has 1 aromatic carbocycles. The average molecular weight is 389 g/mol. The number of aliphatic imine (C=N–C) groups is 1. The summed E-state index contributed by atoms with van der Waals surface area (Å²) in [5.41, 5.74) is 9.80. The van der Waals surface area contributed by atoms with E-state index in [0.717, 1.165) is 25.9 Å². The van der Waals surface area contributed by atoms with Gasteiger partial charge in [0.05, 0.1) is 0 Å². The van der Waals surface area contributed by atoms with Gasteiger partial charge in [-0.2, -0.15) is 0 Å². The SMILES string of the molecule is Cc1cc(C)cc(CCNC(N)=NCCC(C)C)c1.I. The van der Waals surface area contributed by atoms with Crippen LogP contribution in [-0.2, 0) is 6.42 Å². The average Bonchev–Trinajstić information content (AvgIpc) is 2.27. The lowest BCUT2D eigenvalue weighted by Gasteiger charge is -2.08. The zero-order chi connectivity index (χ0) is 14.3. The molecule has 0 radical (unpaired) electrons. The van der Waals surface area contributed by atoms with Gasteiger partial charge in [-0.25, -0.2) is 0 Å². The summed E-state index contributed by atoms with van der Waals surface area (Å²) in [6.07, 6.45) is 2.06. The number of nitrogens with zero attached hydrogens (tertiary/aromatic N) is 1. The fraction of sp³-hybridized carbons (Fsp3) is 0.562. The third kappa shape index (κ3) is 8.40. The monoisotopic (exact) mass is 389 g/mol. The second-order valence-electron chi connectivity index (χ2n) is 5.62. The van der Waals surface area contributed by atoms with Crippen LogP contribution in [0.3, 0.4) is 0 Å². The predicted octanol–water partition coefficient (Wildman–Crippen LogP) is 3.41. The first-order valence-corrected chi connectivity index (χ1v) is 7.08. The molecule has 0 saturated carbocycles. The van der Waals surface area contributed by atoms with Crippen LogP contribution in [0.15, 0.2) is 23.2 Å². The first-order valence-electron chi connectivity index (χ1n) is 7.08. The molecule has 0 fully saturated rings. The topological polar surface area (TPSA) is 50.4 Å². The van der Waals surface area contributed by atoms with Crippen molar-refractivity contribution in [3.8, 4) is 0 Å². The lowest BCUT2D eigenvalue weighted by molar-refractivity contribution is 0.595. The van der Waals surface area contributed by atoms with Crippen molar-refractivity contribution in [2.75, 3.05) is 13.1 Å². The Bertz CT molecular complexity index is 407. The van der Waals surface area contributed by atoms with E-state index in [4.69, 9.17) is 5.73 Å². The van der Waals surface area contributed by atoms with Crippen molar-refractivity contribution >= 4 is 29.9 Å². The number of nitrogens with one attached hydrogen (secondary N) is 1. The van der Waals surface area contributed by atoms with Crippen LogP contribution in [0, 0.1) is 19.8 Å². The van der Waals surface area contributed by atoms with Crippen LogP contribution < -0.4 is 11.1 Å². The van der Waals surface area contributed by atoms with E-state index in [0.29, 0.717) is 11.9 Å². The summed E-state index contributed by atoms with van der Waals surface area (Å²) < 4.78 is 0. The minimum absolute atomic E-state index is 0. The standard InChI is InChI=1S/C16H27N3.HI/c1-12(2)5-7-18-16(17)19-8-6-15-10-13(3)9-14(4)11-15;/h9-12H,5-8H2,1-4H3,(H3,17,18,19);1H. The van der Waals surface area contributed by atoms with Gasteiger partial charge in [0.1, 0.15) is 0 Å². The van der Waals surface area contributed by atoms with Crippen molar-refractivity contribution in [2.45, 2.75) is 40.5 Å². The number of hydrogen-bond acceptors (Lipinski definition) is 1. The van der Waals surface area contributed by atoms with Gasteiger partial charge in [0.25, 0.3) is 0 Å². The summed E-state index contributed by atoms with van der Waals surface area (Å²) in [5.74, 6) is 1.23. The molecule has 20 heavy (non-hydrogen) atoms. The summed E-state index contributed by atoms with van der Waals surface area (Å²) in [6.45, 7) is 10.3. The molecular formula is C16H28IN3. The molecule has 0 heterocycles. The molecule has 0 unspecified atom stereocenters. The second kappa shape index (κ2) is 10.0. The van der Waals surface area contributed by atoms with Gasteiger partial charge < -0.3 is 11.1 Å². The lowest BCUT2D eigenvalue weighted by atomic mass is 10.1. The summed E-state index contributed by atoms with van der Waals surface area (Å²) >= 11 is 0. The Labute approximate surface area is 140 Å². The maximum absolute atomic E-state index is 5.82. The third-order valence-corrected chi connectivity index (χ3v) is 2.99. The van der Waals surface area contributed by atoms with E-state index < -0.39 is 0 Å². The highest BCUT2D eigenvalue weighted by Gasteiger charge is 1.98. The van der Waals surface area contributed by atoms with Crippen LogP contribution in [0.25, 0.3) is 0 Å². The smallest absolute Gasteiger partial charge is 0.188 e. The normalized spacial score (nSPS) is 11.3. The maximum Gasteiger partial charge on any atom is 0.188 e. The Hall–Kier alpha value is -0.780. The highest BCUT2D eigenvalue weighted by molar-refractivity contribution is 14.0. The van der Waals surface area contributed by atoms with Crippen molar-refractivity contribution < 1.29 is 0 Å². The largest absolute Gasteiger partial charge is 0.370 e. The number of benzene rings is 1. The highest BCUT2D eigenvalue weighted by atomic mass is 127. The Balaban J connectivity index is 0.00000361. The highest BCUT2D eigenvalue weighted by Crippen LogP contribution is 2.08. The van der Waals surface area contributed by atoms with E-state index in [-0.39, 0.29) is 24.0 Å². The van der Waals surface area contributed by atoms with Crippen molar-refractivity contribution in [1.82, 2.24) is 5.32 Å². The number of aryl methyl sites for hydroxylation is 2. The molecule has 114 valence electrons. The number of nitrogens with two attached hydrogens (primary N) is 1. The molecule has 3 N–H and O–H groups in total. The Morgan fingerprint density at radius 2 is 1.80 bits per heavy atom. The van der Waals surface area contributed by atoms with Gasteiger partial charge in [0.15, 0.2) is 5.96 Å². The van der Waals surface area contributed by atoms with E-state index in [2.05, 4.69) is 56.2 Å². The molecular weight excluding hydrogens is 361 g/mol. The molecule has 0 aromatic heterocycles. The zero-order valence-corrected chi connectivity index (χ0v) is 15.4. The molecule has 4 heteroatoms. The molecule has 0 aliphatic carbocycles. The molecule has 1 rings (SSSR count). The van der Waals surface area contributed by atoms with E-state index in [1.165, 1.54) is 16.7 Å². The van der Waals surface area contributed by atoms with Crippen LogP contribution in [-0.4, -0.2) is 19.0 Å². The summed E-state index contributed by atoms with van der Waals surface area (Å²) in [4.78, 5) is 4.31. The first-order chi connectivity index (χ1) is 8.97. The maximum atomic E-state index is 5.82. The van der Waals surface area contributed by atoms with Crippen LogP contribution in [0.1, 0.15) is 37.0 Å². The van der Waals surface area contributed by atoms with Gasteiger partial charge in [-0.3, -0.25) is 4.99 Å². The molecule has 1 aromatic rings. The number of halogens is 1. The first kappa shape index (κ1) is 19.2. The van der Waals surface area contributed by atoms with Gasteiger partial charge in [-0.1, -0.05) is 43.2 Å². The van der Waals surface area contributed by atoms with Gasteiger partial charge in [-0.05, 0) is 38.2 Å². The van der Waals surface area contributed by atoms with Crippen molar-refractivity contribution in [2.24, 2.45) is 16.6 Å². The van der Waals surface area contributed by atoms with Crippen LogP contribution >= 0.6 is 24.0 Å². The van der Waals surface area contributed by atoms with E-state index in [1.807, 2.05) is 0 Å². The van der Waals surface area contributed by atoms with Crippen LogP contribution in [0.4, 0.5) is 0 Å². The Morgan fingerprint density at radius 1 is 1.20 bits per heavy atom. The number of rotatable bonds is 6. The van der Waals surface area contributed by atoms with Crippen molar-refractivity contribution in [1.29, 1.82) is 0 Å². The number of guanidine groups is 1. The molecule has 3 nitrogen and oxygen atoms in total. The fourth-order valence-corrected chi connectivity index (χ4v) is 2.05. The van der Waals surface area contributed by atoms with Gasteiger partial charge in [0, 0.05) is 13.1 Å². The number of hydrogen-bond donors (Lipinski definition) is 2. The second-order valence-corrected chi connectivity index (χ2v) is 5.62. The molecule has 0 atom stereocenters.